The Kier molecular flexibility index (Phi) is 7.04. The van der Waals surface area contributed by atoms with Crippen molar-refractivity contribution in [3.05, 3.63) is 118 Å². The maximum absolute atomic E-state index is 13.5. The molecule has 5 rings (SSSR count). The number of carbonyl (C=O) groups is 1. The van der Waals surface area contributed by atoms with Gasteiger partial charge in [-0.1, -0.05) is 12.1 Å². The second-order valence-corrected chi connectivity index (χ2v) is 10.4. The lowest BCUT2D eigenvalue weighted by Crippen LogP contribution is -2.31. The molecule has 0 aliphatic carbocycles. The number of H-pyrrole nitrogens is 2. The van der Waals surface area contributed by atoms with Crippen molar-refractivity contribution in [2.75, 3.05) is 4.72 Å². The molecule has 4 N–H and O–H groups in total. The highest BCUT2D eigenvalue weighted by Gasteiger charge is 2.32. The van der Waals surface area contributed by atoms with E-state index < -0.39 is 45.1 Å². The van der Waals surface area contributed by atoms with Crippen LogP contribution in [0, 0.1) is 5.82 Å². The van der Waals surface area contributed by atoms with Crippen LogP contribution in [-0.2, 0) is 16.2 Å². The third kappa shape index (κ3) is 5.94. The minimum absolute atomic E-state index is 0.0126. The molecule has 0 radical (unpaired) electrons. The number of carbonyl (C=O) groups excluding carboxylic acids is 1. The molecule has 5 aromatic rings. The summed E-state index contributed by atoms with van der Waals surface area (Å²) in [6.45, 7) is 0. The minimum Gasteiger partial charge on any atom is -0.338 e. The number of nitrogens with one attached hydrogen (secondary N) is 4. The second kappa shape index (κ2) is 10.5. The first-order valence-electron chi connectivity index (χ1n) is 11.7. The molecule has 15 heteroatoms. The third-order valence-electron chi connectivity index (χ3n) is 6.00. The highest BCUT2D eigenvalue weighted by Crippen LogP contribution is 2.32. The summed E-state index contributed by atoms with van der Waals surface area (Å²) in [5, 5.41) is 8.81. The zero-order chi connectivity index (χ0) is 29.4. The molecule has 210 valence electrons. The quantitative estimate of drug-likeness (QED) is 0.211. The van der Waals surface area contributed by atoms with Gasteiger partial charge in [-0.25, -0.2) is 17.8 Å². The molecule has 1 unspecified atom stereocenters. The monoisotopic (exact) mass is 586 g/mol. The number of sulfonamides is 1. The van der Waals surface area contributed by atoms with Crippen LogP contribution in [0.15, 0.2) is 88.8 Å². The van der Waals surface area contributed by atoms with Gasteiger partial charge in [-0.2, -0.15) is 18.3 Å². The Balaban J connectivity index is 1.54. The van der Waals surface area contributed by atoms with E-state index in [0.29, 0.717) is 0 Å². The minimum atomic E-state index is -4.65. The van der Waals surface area contributed by atoms with E-state index in [9.17, 15) is 35.6 Å². The van der Waals surface area contributed by atoms with Crippen molar-refractivity contribution in [2.45, 2.75) is 17.1 Å². The fourth-order valence-electron chi connectivity index (χ4n) is 4.09. The number of alkyl halides is 3. The van der Waals surface area contributed by atoms with Crippen molar-refractivity contribution >= 4 is 32.5 Å². The number of benzene rings is 3. The first kappa shape index (κ1) is 27.5. The average Bonchev–Trinajstić information content (AvgIpc) is 3.46. The lowest BCUT2D eigenvalue weighted by atomic mass is 10.0. The predicted molar refractivity (Wildman–Crippen MR) is 139 cm³/mol. The number of nitrogens with zero attached hydrogens (tertiary/aromatic N) is 2. The van der Waals surface area contributed by atoms with Crippen LogP contribution in [0.2, 0.25) is 0 Å². The number of halogens is 4. The molecule has 0 fully saturated rings. The normalized spacial score (nSPS) is 12.7. The van der Waals surface area contributed by atoms with Crippen LogP contribution in [0.25, 0.3) is 10.9 Å². The molecule has 0 saturated heterocycles. The van der Waals surface area contributed by atoms with Gasteiger partial charge in [-0.05, 0) is 60.2 Å². The molecule has 41 heavy (non-hydrogen) atoms. The Hall–Kier alpha value is -5.05. The van der Waals surface area contributed by atoms with Crippen LogP contribution >= 0.6 is 0 Å². The summed E-state index contributed by atoms with van der Waals surface area (Å²) in [5.74, 6) is -1.45. The second-order valence-electron chi connectivity index (χ2n) is 8.77. The number of hydrogen-bond acceptors (Lipinski definition) is 6. The summed E-state index contributed by atoms with van der Waals surface area (Å²) in [4.78, 5) is 32.0. The van der Waals surface area contributed by atoms with Gasteiger partial charge in [-0.15, -0.1) is 0 Å². The summed E-state index contributed by atoms with van der Waals surface area (Å²) >= 11 is 0. The molecule has 0 bridgehead atoms. The fourth-order valence-corrected chi connectivity index (χ4v) is 5.17. The summed E-state index contributed by atoms with van der Waals surface area (Å²) < 4.78 is 81.7. The van der Waals surface area contributed by atoms with Gasteiger partial charge in [-0.3, -0.25) is 19.4 Å². The van der Waals surface area contributed by atoms with Crippen molar-refractivity contribution in [1.82, 2.24) is 25.5 Å². The van der Waals surface area contributed by atoms with E-state index in [2.05, 4.69) is 30.2 Å². The molecule has 1 atom stereocenters. The number of hydrogen-bond donors (Lipinski definition) is 4. The van der Waals surface area contributed by atoms with Crippen molar-refractivity contribution in [3.63, 3.8) is 0 Å². The van der Waals surface area contributed by atoms with Gasteiger partial charge in [0, 0.05) is 22.7 Å². The molecule has 10 nitrogen and oxygen atoms in total. The Morgan fingerprint density at radius 1 is 0.976 bits per heavy atom. The van der Waals surface area contributed by atoms with Gasteiger partial charge in [0.25, 0.3) is 15.9 Å². The van der Waals surface area contributed by atoms with E-state index >= 15 is 0 Å². The van der Waals surface area contributed by atoms with E-state index in [1.54, 1.807) is 0 Å². The van der Waals surface area contributed by atoms with Crippen molar-refractivity contribution < 1.29 is 30.8 Å². The molecule has 2 aromatic heterocycles. The van der Waals surface area contributed by atoms with E-state index in [-0.39, 0.29) is 38.4 Å². The standard InChI is InChI=1S/C26H18F4N6O4S/c27-16-4-6-17(7-5-16)36-41(39,40)18-8-9-21-19(11-18)20(12-22(37)33-21)25(38)34-23(24-31-13-32-35-24)14-2-1-3-15(10-14)26(28,29)30/h1-13,23,36H,(H,33,37)(H,34,38)(H,31,32,35). The zero-order valence-corrected chi connectivity index (χ0v) is 21.3. The number of aromatic nitrogens is 4. The summed E-state index contributed by atoms with van der Waals surface area (Å²) in [6.07, 6.45) is -3.55. The lowest BCUT2D eigenvalue weighted by molar-refractivity contribution is -0.137. The Morgan fingerprint density at radius 3 is 2.41 bits per heavy atom. The van der Waals surface area contributed by atoms with Crippen LogP contribution in [0.3, 0.4) is 0 Å². The number of aromatic amines is 2. The lowest BCUT2D eigenvalue weighted by Gasteiger charge is -2.19. The number of anilines is 1. The Labute approximate surface area is 228 Å². The highest BCUT2D eigenvalue weighted by atomic mass is 32.2. The van der Waals surface area contributed by atoms with Crippen molar-refractivity contribution in [1.29, 1.82) is 0 Å². The maximum atomic E-state index is 13.5. The van der Waals surface area contributed by atoms with E-state index in [1.165, 1.54) is 36.4 Å². The maximum Gasteiger partial charge on any atom is 0.416 e. The van der Waals surface area contributed by atoms with Crippen LogP contribution in [0.5, 0.6) is 0 Å². The molecule has 0 saturated carbocycles. The fraction of sp³-hybridized carbons (Fsp3) is 0.0769. The summed E-state index contributed by atoms with van der Waals surface area (Å²) in [6, 6.07) is 12.2. The van der Waals surface area contributed by atoms with Gasteiger partial charge in [0.05, 0.1) is 16.0 Å². The summed E-state index contributed by atoms with van der Waals surface area (Å²) in [5.41, 5.74) is -1.66. The van der Waals surface area contributed by atoms with Crippen LogP contribution in [0.1, 0.15) is 33.4 Å². The molecule has 2 heterocycles. The van der Waals surface area contributed by atoms with Crippen LogP contribution in [0.4, 0.5) is 23.2 Å². The summed E-state index contributed by atoms with van der Waals surface area (Å²) in [7, 11) is -4.22. The van der Waals surface area contributed by atoms with Crippen molar-refractivity contribution in [2.24, 2.45) is 0 Å². The molecule has 1 amide bonds. The molecule has 0 spiro atoms. The van der Waals surface area contributed by atoms with Gasteiger partial charge >= 0.3 is 6.18 Å². The highest BCUT2D eigenvalue weighted by molar-refractivity contribution is 7.92. The molecule has 0 aliphatic heterocycles. The first-order chi connectivity index (χ1) is 19.4. The predicted octanol–water partition coefficient (Wildman–Crippen LogP) is 4.12. The SMILES string of the molecule is O=C(NC(c1cccc(C(F)(F)F)c1)c1ncn[nH]1)c1cc(=O)[nH]c2ccc(S(=O)(=O)Nc3ccc(F)cc3)cc12. The number of rotatable bonds is 7. The molecular weight excluding hydrogens is 568 g/mol. The number of amides is 1. The first-order valence-corrected chi connectivity index (χ1v) is 13.2. The zero-order valence-electron chi connectivity index (χ0n) is 20.5. The Morgan fingerprint density at radius 2 is 1.73 bits per heavy atom. The third-order valence-corrected chi connectivity index (χ3v) is 7.37. The molecular formula is C26H18F4N6O4S. The topological polar surface area (TPSA) is 150 Å². The molecule has 0 aliphatic rings. The van der Waals surface area contributed by atoms with Crippen LogP contribution < -0.4 is 15.6 Å². The Bertz CT molecular complexity index is 1910. The smallest absolute Gasteiger partial charge is 0.338 e. The van der Waals surface area contributed by atoms with Crippen molar-refractivity contribution in [3.8, 4) is 0 Å². The largest absolute Gasteiger partial charge is 0.416 e. The molecule has 3 aromatic carbocycles. The number of fused-ring (bicyclic) bond motifs is 1. The van der Waals surface area contributed by atoms with E-state index in [0.717, 1.165) is 42.7 Å². The van der Waals surface area contributed by atoms with E-state index in [4.69, 9.17) is 0 Å². The average molecular weight is 587 g/mol. The van der Waals surface area contributed by atoms with E-state index in [1.807, 2.05) is 0 Å². The van der Waals surface area contributed by atoms with Crippen LogP contribution in [-0.4, -0.2) is 34.5 Å². The number of pyridine rings is 1. The van der Waals surface area contributed by atoms with Gasteiger partial charge in [0.15, 0.2) is 5.82 Å². The van der Waals surface area contributed by atoms with Gasteiger partial charge in [0.2, 0.25) is 5.56 Å². The van der Waals surface area contributed by atoms with Gasteiger partial charge < -0.3 is 10.3 Å². The van der Waals surface area contributed by atoms with Gasteiger partial charge in [0.1, 0.15) is 18.2 Å².